The summed E-state index contributed by atoms with van der Waals surface area (Å²) in [5.74, 6) is 0. The molecule has 0 amide bonds. The van der Waals surface area contributed by atoms with Crippen LogP contribution in [0.15, 0.2) is 11.6 Å². The molecule has 0 aromatic carbocycles. The molecule has 0 bridgehead atoms. The van der Waals surface area contributed by atoms with Crippen molar-refractivity contribution in [3.8, 4) is 0 Å². The molecule has 12 heavy (non-hydrogen) atoms. The Morgan fingerprint density at radius 1 is 1.67 bits per heavy atom. The highest BCUT2D eigenvalue weighted by Gasteiger charge is 2.09. The van der Waals surface area contributed by atoms with Crippen LogP contribution >= 0.6 is 11.3 Å². The van der Waals surface area contributed by atoms with Crippen molar-refractivity contribution in [1.29, 1.82) is 0 Å². The number of aromatic nitrogens is 1. The molecular weight excluding hydrogens is 172 g/mol. The van der Waals surface area contributed by atoms with Crippen molar-refractivity contribution < 1.29 is 4.79 Å². The van der Waals surface area contributed by atoms with Crippen LogP contribution in [0, 0.1) is 0 Å². The van der Waals surface area contributed by atoms with Crippen LogP contribution in [-0.2, 0) is 7.05 Å². The zero-order chi connectivity index (χ0) is 8.72. The van der Waals surface area contributed by atoms with E-state index in [1.807, 2.05) is 17.0 Å². The largest absolute Gasteiger partial charge is 0.396 e. The Kier molecular flexibility index (Phi) is 1.44. The lowest BCUT2D eigenvalue weighted by Crippen LogP contribution is -1.87. The minimum atomic E-state index is 0.717. The first kappa shape index (κ1) is 7.36. The highest BCUT2D eigenvalue weighted by Crippen LogP contribution is 2.30. The Hall–Kier alpha value is -1.29. The number of fused-ring (bicyclic) bond motifs is 1. The predicted octanol–water partition coefficient (Wildman–Crippen LogP) is 1.63. The third-order valence-corrected chi connectivity index (χ3v) is 2.90. The molecule has 2 heterocycles. The fraction of sp³-hybridized carbons (Fsp3) is 0.125. The van der Waals surface area contributed by atoms with Crippen LogP contribution < -0.4 is 5.73 Å². The van der Waals surface area contributed by atoms with Crippen LogP contribution in [0.3, 0.4) is 0 Å². The van der Waals surface area contributed by atoms with E-state index in [1.165, 1.54) is 11.3 Å². The number of rotatable bonds is 1. The lowest BCUT2D eigenvalue weighted by Gasteiger charge is -1.91. The number of carbonyl (C=O) groups excluding carboxylic acids is 1. The van der Waals surface area contributed by atoms with Crippen LogP contribution in [0.2, 0.25) is 0 Å². The maximum absolute atomic E-state index is 10.6. The van der Waals surface area contributed by atoms with E-state index in [0.717, 1.165) is 22.2 Å². The van der Waals surface area contributed by atoms with Crippen molar-refractivity contribution in [2.24, 2.45) is 7.05 Å². The molecule has 0 aliphatic heterocycles. The first-order chi connectivity index (χ1) is 5.74. The lowest BCUT2D eigenvalue weighted by atomic mass is 10.3. The quantitative estimate of drug-likeness (QED) is 0.678. The smallest absolute Gasteiger partial charge is 0.153 e. The van der Waals surface area contributed by atoms with Gasteiger partial charge >= 0.3 is 0 Å². The Balaban J connectivity index is 2.92. The fourth-order valence-corrected chi connectivity index (χ4v) is 2.32. The van der Waals surface area contributed by atoms with E-state index >= 15 is 0 Å². The predicted molar refractivity (Wildman–Crippen MR) is 50.6 cm³/mol. The van der Waals surface area contributed by atoms with Crippen LogP contribution in [-0.4, -0.2) is 10.9 Å². The SMILES string of the molecule is Cn1cc(C=O)c2scc(N)c21. The third kappa shape index (κ3) is 0.783. The molecule has 0 saturated carbocycles. The molecule has 4 heteroatoms. The van der Waals surface area contributed by atoms with Gasteiger partial charge in [0.15, 0.2) is 6.29 Å². The number of aldehydes is 1. The minimum Gasteiger partial charge on any atom is -0.396 e. The third-order valence-electron chi connectivity index (χ3n) is 1.87. The van der Waals surface area contributed by atoms with Gasteiger partial charge in [-0.15, -0.1) is 11.3 Å². The monoisotopic (exact) mass is 180 g/mol. The molecule has 2 aromatic heterocycles. The van der Waals surface area contributed by atoms with E-state index in [1.54, 1.807) is 6.20 Å². The van der Waals surface area contributed by atoms with Crippen molar-refractivity contribution in [2.75, 3.05) is 5.73 Å². The van der Waals surface area contributed by atoms with Gasteiger partial charge in [-0.3, -0.25) is 4.79 Å². The van der Waals surface area contributed by atoms with Gasteiger partial charge in [0.1, 0.15) is 0 Å². The summed E-state index contributed by atoms with van der Waals surface area (Å²) in [6.45, 7) is 0. The fourth-order valence-electron chi connectivity index (χ4n) is 1.35. The van der Waals surface area contributed by atoms with E-state index in [2.05, 4.69) is 0 Å². The van der Waals surface area contributed by atoms with Crippen molar-refractivity contribution in [1.82, 2.24) is 4.57 Å². The second kappa shape index (κ2) is 2.35. The molecule has 0 spiro atoms. The molecule has 62 valence electrons. The number of aryl methyl sites for hydroxylation is 1. The molecule has 2 rings (SSSR count). The molecule has 0 aliphatic rings. The highest BCUT2D eigenvalue weighted by molar-refractivity contribution is 7.18. The first-order valence-corrected chi connectivity index (χ1v) is 4.39. The topological polar surface area (TPSA) is 48.0 Å². The van der Waals surface area contributed by atoms with Crippen LogP contribution in [0.5, 0.6) is 0 Å². The number of hydrogen-bond acceptors (Lipinski definition) is 3. The summed E-state index contributed by atoms with van der Waals surface area (Å²) < 4.78 is 2.86. The van der Waals surface area contributed by atoms with E-state index in [-0.39, 0.29) is 0 Å². The number of nitrogen functional groups attached to an aromatic ring is 1. The molecule has 0 fully saturated rings. The standard InChI is InChI=1S/C8H8N2OS/c1-10-2-5(3-11)8-7(10)6(9)4-12-8/h2-4H,9H2,1H3. The van der Waals surface area contributed by atoms with Crippen molar-refractivity contribution in [3.05, 3.63) is 17.1 Å². The van der Waals surface area contributed by atoms with Crippen LogP contribution in [0.1, 0.15) is 10.4 Å². The van der Waals surface area contributed by atoms with Crippen molar-refractivity contribution in [3.63, 3.8) is 0 Å². The molecule has 0 aliphatic carbocycles. The molecule has 3 nitrogen and oxygen atoms in total. The Labute approximate surface area is 73.4 Å². The highest BCUT2D eigenvalue weighted by atomic mass is 32.1. The number of nitrogens with zero attached hydrogens (tertiary/aromatic N) is 1. The van der Waals surface area contributed by atoms with Crippen molar-refractivity contribution in [2.45, 2.75) is 0 Å². The number of thiophene rings is 1. The van der Waals surface area contributed by atoms with E-state index in [0.29, 0.717) is 5.56 Å². The maximum Gasteiger partial charge on any atom is 0.153 e. The first-order valence-electron chi connectivity index (χ1n) is 3.51. The summed E-state index contributed by atoms with van der Waals surface area (Å²) in [5.41, 5.74) is 8.14. The van der Waals surface area contributed by atoms with Gasteiger partial charge in [-0.05, 0) is 0 Å². The summed E-state index contributed by atoms with van der Waals surface area (Å²) in [7, 11) is 1.89. The van der Waals surface area contributed by atoms with Crippen LogP contribution in [0.25, 0.3) is 10.2 Å². The van der Waals surface area contributed by atoms with Gasteiger partial charge in [0.05, 0.1) is 15.9 Å². The maximum atomic E-state index is 10.6. The van der Waals surface area contributed by atoms with Gasteiger partial charge in [0, 0.05) is 24.2 Å². The summed E-state index contributed by atoms with van der Waals surface area (Å²) in [6.07, 6.45) is 2.66. The number of hydrogen-bond donors (Lipinski definition) is 1. The summed E-state index contributed by atoms with van der Waals surface area (Å²) in [6, 6.07) is 0. The van der Waals surface area contributed by atoms with E-state index in [9.17, 15) is 4.79 Å². The average molecular weight is 180 g/mol. The summed E-state index contributed by atoms with van der Waals surface area (Å²) >= 11 is 1.51. The zero-order valence-corrected chi connectivity index (χ0v) is 7.39. The summed E-state index contributed by atoms with van der Waals surface area (Å²) in [4.78, 5) is 10.6. The average Bonchev–Trinajstić information content (AvgIpc) is 2.55. The molecular formula is C8H8N2OS. The molecule has 2 N–H and O–H groups in total. The van der Waals surface area contributed by atoms with Gasteiger partial charge in [-0.25, -0.2) is 0 Å². The molecule has 0 atom stereocenters. The van der Waals surface area contributed by atoms with Gasteiger partial charge < -0.3 is 10.3 Å². The van der Waals surface area contributed by atoms with Gasteiger partial charge in [0.2, 0.25) is 0 Å². The Morgan fingerprint density at radius 2 is 2.42 bits per heavy atom. The van der Waals surface area contributed by atoms with E-state index in [4.69, 9.17) is 5.73 Å². The normalized spacial score (nSPS) is 10.8. The second-order valence-electron chi connectivity index (χ2n) is 2.68. The second-order valence-corrected chi connectivity index (χ2v) is 3.56. The number of carbonyl (C=O) groups is 1. The number of nitrogens with two attached hydrogens (primary N) is 1. The lowest BCUT2D eigenvalue weighted by molar-refractivity contribution is 0.112. The minimum absolute atomic E-state index is 0.717. The molecule has 0 radical (unpaired) electrons. The molecule has 2 aromatic rings. The summed E-state index contributed by atoms with van der Waals surface area (Å²) in [5, 5.41) is 1.86. The van der Waals surface area contributed by atoms with Gasteiger partial charge in [-0.1, -0.05) is 0 Å². The Morgan fingerprint density at radius 3 is 3.08 bits per heavy atom. The van der Waals surface area contributed by atoms with Crippen LogP contribution in [0.4, 0.5) is 5.69 Å². The Bertz CT molecular complexity index is 441. The van der Waals surface area contributed by atoms with Gasteiger partial charge in [-0.2, -0.15) is 0 Å². The van der Waals surface area contributed by atoms with E-state index < -0.39 is 0 Å². The van der Waals surface area contributed by atoms with Gasteiger partial charge in [0.25, 0.3) is 0 Å². The van der Waals surface area contributed by atoms with Crippen molar-refractivity contribution >= 4 is 33.5 Å². The number of anilines is 1. The zero-order valence-electron chi connectivity index (χ0n) is 6.57. The molecule has 0 saturated heterocycles. The molecule has 0 unspecified atom stereocenters.